The van der Waals surface area contributed by atoms with Gasteiger partial charge >= 0.3 is 0 Å². The van der Waals surface area contributed by atoms with E-state index in [9.17, 15) is 10.2 Å². The van der Waals surface area contributed by atoms with Crippen LogP contribution in [0.4, 0.5) is 0 Å². The topological polar surface area (TPSA) is 49.7 Å². The molecule has 2 N–H and O–H groups in total. The normalized spacial score (nSPS) is 12.5. The standard InChI is InChI=1S/C10H14O3/c1-3-13-10-6-8(7(2)11)4-5-9(10)12/h4-7,11-12H,3H2,1-2H3/t7-/m0/s1. The van der Waals surface area contributed by atoms with E-state index in [4.69, 9.17) is 4.74 Å². The molecule has 1 atom stereocenters. The Morgan fingerprint density at radius 1 is 1.46 bits per heavy atom. The van der Waals surface area contributed by atoms with Crippen molar-refractivity contribution in [3.05, 3.63) is 23.8 Å². The van der Waals surface area contributed by atoms with Gasteiger partial charge in [-0.15, -0.1) is 0 Å². The molecular weight excluding hydrogens is 168 g/mol. The molecular formula is C10H14O3. The molecule has 0 radical (unpaired) electrons. The first-order chi connectivity index (χ1) is 6.15. The lowest BCUT2D eigenvalue weighted by atomic mass is 10.1. The van der Waals surface area contributed by atoms with E-state index in [-0.39, 0.29) is 5.75 Å². The van der Waals surface area contributed by atoms with Gasteiger partial charge in [-0.3, -0.25) is 0 Å². The summed E-state index contributed by atoms with van der Waals surface area (Å²) in [6.45, 7) is 4.01. The second-order valence-electron chi connectivity index (χ2n) is 2.84. The molecule has 1 aromatic rings. The lowest BCUT2D eigenvalue weighted by Crippen LogP contribution is -1.95. The van der Waals surface area contributed by atoms with Crippen molar-refractivity contribution in [2.75, 3.05) is 6.61 Å². The van der Waals surface area contributed by atoms with Crippen molar-refractivity contribution in [1.29, 1.82) is 0 Å². The Morgan fingerprint density at radius 2 is 2.15 bits per heavy atom. The minimum absolute atomic E-state index is 0.103. The zero-order valence-corrected chi connectivity index (χ0v) is 7.82. The van der Waals surface area contributed by atoms with Gasteiger partial charge in [-0.2, -0.15) is 0 Å². The van der Waals surface area contributed by atoms with Crippen LogP contribution in [-0.2, 0) is 0 Å². The van der Waals surface area contributed by atoms with Crippen LogP contribution >= 0.6 is 0 Å². The van der Waals surface area contributed by atoms with Crippen molar-refractivity contribution in [2.24, 2.45) is 0 Å². The minimum atomic E-state index is -0.542. The van der Waals surface area contributed by atoms with Gasteiger partial charge in [-0.1, -0.05) is 6.07 Å². The van der Waals surface area contributed by atoms with E-state index < -0.39 is 6.10 Å². The van der Waals surface area contributed by atoms with Crippen LogP contribution < -0.4 is 4.74 Å². The van der Waals surface area contributed by atoms with E-state index in [1.165, 1.54) is 6.07 Å². The number of benzene rings is 1. The fourth-order valence-corrected chi connectivity index (χ4v) is 1.06. The number of phenolic OH excluding ortho intramolecular Hbond substituents is 1. The number of aliphatic hydroxyl groups excluding tert-OH is 1. The third-order valence-corrected chi connectivity index (χ3v) is 1.77. The highest BCUT2D eigenvalue weighted by molar-refractivity contribution is 5.42. The zero-order valence-electron chi connectivity index (χ0n) is 7.82. The minimum Gasteiger partial charge on any atom is -0.504 e. The summed E-state index contributed by atoms with van der Waals surface area (Å²) < 4.78 is 5.17. The summed E-state index contributed by atoms with van der Waals surface area (Å²) in [5, 5.41) is 18.6. The molecule has 1 aromatic carbocycles. The molecule has 0 saturated carbocycles. The molecule has 3 heteroatoms. The van der Waals surface area contributed by atoms with Crippen molar-refractivity contribution >= 4 is 0 Å². The van der Waals surface area contributed by atoms with Gasteiger partial charge in [0.25, 0.3) is 0 Å². The highest BCUT2D eigenvalue weighted by Gasteiger charge is 2.06. The molecule has 0 aliphatic heterocycles. The fourth-order valence-electron chi connectivity index (χ4n) is 1.06. The number of hydrogen-bond donors (Lipinski definition) is 2. The summed E-state index contributed by atoms with van der Waals surface area (Å²) >= 11 is 0. The van der Waals surface area contributed by atoms with E-state index in [0.29, 0.717) is 12.4 Å². The number of rotatable bonds is 3. The van der Waals surface area contributed by atoms with Crippen LogP contribution in [0.3, 0.4) is 0 Å². The fraction of sp³-hybridized carbons (Fsp3) is 0.400. The molecule has 0 aliphatic carbocycles. The molecule has 0 unspecified atom stereocenters. The van der Waals surface area contributed by atoms with Gasteiger partial charge in [0.2, 0.25) is 0 Å². The van der Waals surface area contributed by atoms with Crippen LogP contribution in [0, 0.1) is 0 Å². The maximum Gasteiger partial charge on any atom is 0.161 e. The lowest BCUT2D eigenvalue weighted by Gasteiger charge is -2.09. The highest BCUT2D eigenvalue weighted by atomic mass is 16.5. The Hall–Kier alpha value is -1.22. The molecule has 0 amide bonds. The van der Waals surface area contributed by atoms with Crippen molar-refractivity contribution in [3.63, 3.8) is 0 Å². The van der Waals surface area contributed by atoms with Crippen molar-refractivity contribution in [3.8, 4) is 11.5 Å². The molecule has 0 saturated heterocycles. The number of phenols is 1. The predicted molar refractivity (Wildman–Crippen MR) is 49.9 cm³/mol. The molecule has 0 spiro atoms. The average Bonchev–Trinajstić information content (AvgIpc) is 2.08. The third kappa shape index (κ3) is 2.36. The molecule has 13 heavy (non-hydrogen) atoms. The van der Waals surface area contributed by atoms with E-state index in [0.717, 1.165) is 5.56 Å². The Labute approximate surface area is 77.6 Å². The van der Waals surface area contributed by atoms with Crippen LogP contribution in [0.1, 0.15) is 25.5 Å². The van der Waals surface area contributed by atoms with Crippen molar-refractivity contribution < 1.29 is 14.9 Å². The summed E-state index contributed by atoms with van der Waals surface area (Å²) in [7, 11) is 0. The van der Waals surface area contributed by atoms with Gasteiger partial charge in [0, 0.05) is 0 Å². The first kappa shape index (κ1) is 9.86. The highest BCUT2D eigenvalue weighted by Crippen LogP contribution is 2.28. The van der Waals surface area contributed by atoms with E-state index in [2.05, 4.69) is 0 Å². The zero-order chi connectivity index (χ0) is 9.84. The predicted octanol–water partition coefficient (Wildman–Crippen LogP) is 1.84. The van der Waals surface area contributed by atoms with Gasteiger partial charge in [0.05, 0.1) is 12.7 Å². The summed E-state index contributed by atoms with van der Waals surface area (Å²) in [5.74, 6) is 0.521. The largest absolute Gasteiger partial charge is 0.504 e. The molecule has 0 aromatic heterocycles. The summed E-state index contributed by atoms with van der Waals surface area (Å²) in [5.41, 5.74) is 0.737. The van der Waals surface area contributed by atoms with E-state index in [1.54, 1.807) is 19.1 Å². The molecule has 0 bridgehead atoms. The van der Waals surface area contributed by atoms with Gasteiger partial charge in [-0.25, -0.2) is 0 Å². The van der Waals surface area contributed by atoms with Crippen molar-refractivity contribution in [1.82, 2.24) is 0 Å². The van der Waals surface area contributed by atoms with Crippen LogP contribution in [0.5, 0.6) is 11.5 Å². The third-order valence-electron chi connectivity index (χ3n) is 1.77. The second-order valence-corrected chi connectivity index (χ2v) is 2.84. The summed E-state index contributed by atoms with van der Waals surface area (Å²) in [4.78, 5) is 0. The SMILES string of the molecule is CCOc1cc([C@H](C)O)ccc1O. The quantitative estimate of drug-likeness (QED) is 0.750. The summed E-state index contributed by atoms with van der Waals surface area (Å²) in [6, 6.07) is 4.83. The smallest absolute Gasteiger partial charge is 0.161 e. The number of aromatic hydroxyl groups is 1. The second kappa shape index (κ2) is 4.14. The molecule has 1 rings (SSSR count). The van der Waals surface area contributed by atoms with Gasteiger partial charge in [0.1, 0.15) is 0 Å². The number of hydrogen-bond acceptors (Lipinski definition) is 3. The molecule has 0 heterocycles. The van der Waals surface area contributed by atoms with Gasteiger partial charge in [-0.05, 0) is 31.5 Å². The molecule has 0 aliphatic rings. The van der Waals surface area contributed by atoms with Gasteiger partial charge < -0.3 is 14.9 Å². The Morgan fingerprint density at radius 3 is 2.69 bits per heavy atom. The molecule has 0 fully saturated rings. The number of aliphatic hydroxyl groups is 1. The first-order valence-corrected chi connectivity index (χ1v) is 4.29. The van der Waals surface area contributed by atoms with Crippen molar-refractivity contribution in [2.45, 2.75) is 20.0 Å². The lowest BCUT2D eigenvalue weighted by molar-refractivity contribution is 0.198. The summed E-state index contributed by atoms with van der Waals surface area (Å²) in [6.07, 6.45) is -0.542. The molecule has 72 valence electrons. The Balaban J connectivity index is 2.97. The van der Waals surface area contributed by atoms with Crippen LogP contribution in [0.25, 0.3) is 0 Å². The maximum absolute atomic E-state index is 9.34. The van der Waals surface area contributed by atoms with Crippen LogP contribution in [0.15, 0.2) is 18.2 Å². The maximum atomic E-state index is 9.34. The number of ether oxygens (including phenoxy) is 1. The average molecular weight is 182 g/mol. The molecule has 3 nitrogen and oxygen atoms in total. The van der Waals surface area contributed by atoms with E-state index in [1.807, 2.05) is 6.92 Å². The van der Waals surface area contributed by atoms with E-state index >= 15 is 0 Å². The first-order valence-electron chi connectivity index (χ1n) is 4.29. The van der Waals surface area contributed by atoms with Crippen LogP contribution in [-0.4, -0.2) is 16.8 Å². The Bertz CT molecular complexity index is 281. The Kier molecular flexibility index (Phi) is 3.14. The van der Waals surface area contributed by atoms with Gasteiger partial charge in [0.15, 0.2) is 11.5 Å². The van der Waals surface area contributed by atoms with Crippen LogP contribution in [0.2, 0.25) is 0 Å². The monoisotopic (exact) mass is 182 g/mol.